The fraction of sp³-hybridized carbons (Fsp3) is 0.111. The maximum absolute atomic E-state index is 12.5. The number of benzene rings is 1. The van der Waals surface area contributed by atoms with Gasteiger partial charge in [-0.3, -0.25) is 0 Å². The lowest BCUT2D eigenvalue weighted by molar-refractivity contribution is 0.152. The Kier molecular flexibility index (Phi) is 2.36. The van der Waals surface area contributed by atoms with Crippen molar-refractivity contribution in [3.05, 3.63) is 23.8 Å². The minimum absolute atomic E-state index is 0.108. The molecule has 0 amide bonds. The fourth-order valence-electron chi connectivity index (χ4n) is 1.33. The third-order valence-corrected chi connectivity index (χ3v) is 3.30. The van der Waals surface area contributed by atoms with Crippen LogP contribution in [0.2, 0.25) is 0 Å². The average Bonchev–Trinajstić information content (AvgIpc) is 2.46. The summed E-state index contributed by atoms with van der Waals surface area (Å²) in [5.41, 5.74) is 5.68. The van der Waals surface area contributed by atoms with Crippen LogP contribution in [0.5, 0.6) is 0 Å². The highest BCUT2D eigenvalue weighted by atomic mass is 32.2. The van der Waals surface area contributed by atoms with E-state index in [4.69, 9.17) is 5.73 Å². The van der Waals surface area contributed by atoms with Gasteiger partial charge in [-0.05, 0) is 18.2 Å². The van der Waals surface area contributed by atoms with Gasteiger partial charge in [-0.15, -0.1) is 24.0 Å². The number of rotatable bonds is 1. The largest absolute Gasteiger partial charge is 0.398 e. The lowest BCUT2D eigenvalue weighted by atomic mass is 10.1. The number of alkyl halides is 2. The standard InChI is InChI=1S/C9H7F2NS2/c10-9(11)4-1-2-6-5(8(4)12)3-7(13)14-6/h1-3,9,13H,12H2. The van der Waals surface area contributed by atoms with Crippen molar-refractivity contribution >= 4 is 39.7 Å². The van der Waals surface area contributed by atoms with Gasteiger partial charge in [0.05, 0.1) is 4.21 Å². The van der Waals surface area contributed by atoms with Crippen LogP contribution in [0.15, 0.2) is 22.4 Å². The van der Waals surface area contributed by atoms with Crippen molar-refractivity contribution in [1.82, 2.24) is 0 Å². The van der Waals surface area contributed by atoms with Gasteiger partial charge in [-0.1, -0.05) is 0 Å². The molecule has 0 unspecified atom stereocenters. The number of thiophene rings is 1. The van der Waals surface area contributed by atoms with Gasteiger partial charge in [-0.2, -0.15) is 0 Å². The quantitative estimate of drug-likeness (QED) is 0.568. The Hall–Kier alpha value is -0.810. The highest BCUT2D eigenvalue weighted by Crippen LogP contribution is 2.36. The Morgan fingerprint density at radius 1 is 1.36 bits per heavy atom. The highest BCUT2D eigenvalue weighted by molar-refractivity contribution is 7.83. The van der Waals surface area contributed by atoms with Crippen LogP contribution in [0.3, 0.4) is 0 Å². The van der Waals surface area contributed by atoms with E-state index in [1.165, 1.54) is 17.4 Å². The van der Waals surface area contributed by atoms with E-state index in [1.54, 1.807) is 12.1 Å². The topological polar surface area (TPSA) is 26.0 Å². The van der Waals surface area contributed by atoms with Crippen molar-refractivity contribution in [2.24, 2.45) is 0 Å². The van der Waals surface area contributed by atoms with E-state index in [9.17, 15) is 8.78 Å². The van der Waals surface area contributed by atoms with Gasteiger partial charge in [0.2, 0.25) is 0 Å². The predicted molar refractivity (Wildman–Crippen MR) is 58.4 cm³/mol. The zero-order valence-corrected chi connectivity index (χ0v) is 8.71. The summed E-state index contributed by atoms with van der Waals surface area (Å²) in [6, 6.07) is 4.73. The minimum atomic E-state index is -2.53. The van der Waals surface area contributed by atoms with Crippen molar-refractivity contribution < 1.29 is 8.78 Å². The zero-order valence-electron chi connectivity index (χ0n) is 7.00. The Balaban J connectivity index is 2.74. The van der Waals surface area contributed by atoms with Crippen molar-refractivity contribution in [1.29, 1.82) is 0 Å². The molecule has 5 heteroatoms. The smallest absolute Gasteiger partial charge is 0.265 e. The average molecular weight is 231 g/mol. The Bertz CT molecular complexity index is 479. The summed E-state index contributed by atoms with van der Waals surface area (Å²) < 4.78 is 26.6. The predicted octanol–water partition coefficient (Wildman–Crippen LogP) is 3.71. The van der Waals surface area contributed by atoms with Crippen molar-refractivity contribution in [2.75, 3.05) is 5.73 Å². The van der Waals surface area contributed by atoms with Crippen molar-refractivity contribution in [2.45, 2.75) is 10.6 Å². The normalized spacial score (nSPS) is 11.4. The molecule has 14 heavy (non-hydrogen) atoms. The van der Waals surface area contributed by atoms with Crippen LogP contribution in [-0.2, 0) is 0 Å². The molecule has 2 rings (SSSR count). The van der Waals surface area contributed by atoms with E-state index in [0.29, 0.717) is 5.39 Å². The lowest BCUT2D eigenvalue weighted by Crippen LogP contribution is -1.94. The summed E-state index contributed by atoms with van der Waals surface area (Å²) in [7, 11) is 0. The van der Waals surface area contributed by atoms with Crippen LogP contribution < -0.4 is 5.73 Å². The van der Waals surface area contributed by atoms with E-state index >= 15 is 0 Å². The summed E-state index contributed by atoms with van der Waals surface area (Å²) in [6.45, 7) is 0. The molecule has 2 aromatic rings. The molecule has 1 aromatic heterocycles. The maximum atomic E-state index is 12.5. The molecule has 0 fully saturated rings. The second-order valence-electron chi connectivity index (χ2n) is 2.87. The Labute approximate surface area is 88.9 Å². The molecule has 1 aromatic carbocycles. The number of hydrogen-bond acceptors (Lipinski definition) is 3. The molecular formula is C9H7F2NS2. The van der Waals surface area contributed by atoms with Gasteiger partial charge >= 0.3 is 0 Å². The number of fused-ring (bicyclic) bond motifs is 1. The molecule has 1 nitrogen and oxygen atoms in total. The first-order chi connectivity index (χ1) is 6.59. The van der Waals surface area contributed by atoms with Gasteiger partial charge in [0.1, 0.15) is 0 Å². The highest BCUT2D eigenvalue weighted by Gasteiger charge is 2.14. The monoisotopic (exact) mass is 231 g/mol. The molecule has 0 bridgehead atoms. The van der Waals surface area contributed by atoms with E-state index in [-0.39, 0.29) is 11.3 Å². The van der Waals surface area contributed by atoms with Gasteiger partial charge in [0.25, 0.3) is 6.43 Å². The van der Waals surface area contributed by atoms with Gasteiger partial charge < -0.3 is 5.73 Å². The van der Waals surface area contributed by atoms with Crippen molar-refractivity contribution in [3.63, 3.8) is 0 Å². The molecule has 0 radical (unpaired) electrons. The minimum Gasteiger partial charge on any atom is -0.398 e. The number of nitrogen functional groups attached to an aromatic ring is 1. The molecule has 0 spiro atoms. The number of hydrogen-bond donors (Lipinski definition) is 2. The fourth-order valence-corrected chi connectivity index (χ4v) is 2.57. The van der Waals surface area contributed by atoms with Crippen LogP contribution in [0.1, 0.15) is 12.0 Å². The number of anilines is 1. The maximum Gasteiger partial charge on any atom is 0.265 e. The third kappa shape index (κ3) is 1.46. The van der Waals surface area contributed by atoms with Crippen LogP contribution in [0.4, 0.5) is 14.5 Å². The van der Waals surface area contributed by atoms with E-state index in [0.717, 1.165) is 8.91 Å². The third-order valence-electron chi connectivity index (χ3n) is 2.00. The molecular weight excluding hydrogens is 224 g/mol. The van der Waals surface area contributed by atoms with Crippen LogP contribution in [0, 0.1) is 0 Å². The summed E-state index contributed by atoms with van der Waals surface area (Å²) in [6.07, 6.45) is -2.53. The zero-order chi connectivity index (χ0) is 10.3. The second-order valence-corrected chi connectivity index (χ2v) is 4.73. The number of halogens is 2. The first kappa shape index (κ1) is 9.73. The number of thiol groups is 1. The summed E-state index contributed by atoms with van der Waals surface area (Å²) in [4.78, 5) is 0. The van der Waals surface area contributed by atoms with Crippen LogP contribution in [0.25, 0.3) is 10.1 Å². The first-order valence-electron chi connectivity index (χ1n) is 3.88. The Morgan fingerprint density at radius 2 is 2.07 bits per heavy atom. The first-order valence-corrected chi connectivity index (χ1v) is 5.15. The lowest BCUT2D eigenvalue weighted by Gasteiger charge is -2.04. The summed E-state index contributed by atoms with van der Waals surface area (Å²) in [5.74, 6) is 0. The van der Waals surface area contributed by atoms with Gasteiger partial charge in [0, 0.05) is 21.3 Å². The molecule has 0 saturated heterocycles. The SMILES string of the molecule is Nc1c(C(F)F)ccc2sc(S)cc12. The van der Waals surface area contributed by atoms with E-state index in [2.05, 4.69) is 12.6 Å². The van der Waals surface area contributed by atoms with Crippen molar-refractivity contribution in [3.8, 4) is 0 Å². The molecule has 0 aliphatic rings. The van der Waals surface area contributed by atoms with Crippen LogP contribution in [-0.4, -0.2) is 0 Å². The summed E-state index contributed by atoms with van der Waals surface area (Å²) >= 11 is 5.58. The second kappa shape index (κ2) is 3.40. The molecule has 0 aliphatic heterocycles. The molecule has 0 saturated carbocycles. The number of nitrogens with two attached hydrogens (primary N) is 1. The summed E-state index contributed by atoms with van der Waals surface area (Å²) in [5, 5.41) is 0.665. The molecule has 0 aliphatic carbocycles. The molecule has 2 N–H and O–H groups in total. The van der Waals surface area contributed by atoms with Gasteiger partial charge in [-0.25, -0.2) is 8.78 Å². The molecule has 74 valence electrons. The van der Waals surface area contributed by atoms with Gasteiger partial charge in [0.15, 0.2) is 0 Å². The van der Waals surface area contributed by atoms with Crippen LogP contribution >= 0.6 is 24.0 Å². The Morgan fingerprint density at radius 3 is 2.71 bits per heavy atom. The van der Waals surface area contributed by atoms with E-state index in [1.807, 2.05) is 0 Å². The molecule has 0 atom stereocenters. The molecule has 1 heterocycles. The van der Waals surface area contributed by atoms with E-state index < -0.39 is 6.43 Å².